The third kappa shape index (κ3) is 4.93. The van der Waals surface area contributed by atoms with Gasteiger partial charge in [-0.1, -0.05) is 42.8 Å². The number of thioether (sulfide) groups is 1. The van der Waals surface area contributed by atoms with Gasteiger partial charge in [0, 0.05) is 28.3 Å². The number of halogens is 1. The van der Waals surface area contributed by atoms with Gasteiger partial charge in [-0.3, -0.25) is 4.79 Å². The Hall–Kier alpha value is -1.65. The molecule has 1 amide bonds. The van der Waals surface area contributed by atoms with Crippen LogP contribution in [0.2, 0.25) is 5.02 Å². The molecule has 3 rings (SSSR count). The lowest BCUT2D eigenvalue weighted by Gasteiger charge is -2.34. The first-order valence-electron chi connectivity index (χ1n) is 8.67. The molecule has 0 fully saturated rings. The summed E-state index contributed by atoms with van der Waals surface area (Å²) in [6, 6.07) is 16.1. The number of amides is 1. The molecule has 0 spiro atoms. The van der Waals surface area contributed by atoms with Gasteiger partial charge in [-0.25, -0.2) is 0 Å². The molecule has 0 bridgehead atoms. The Morgan fingerprint density at radius 3 is 2.76 bits per heavy atom. The quantitative estimate of drug-likeness (QED) is 0.813. The zero-order valence-electron chi connectivity index (χ0n) is 14.4. The Morgan fingerprint density at radius 2 is 2.00 bits per heavy atom. The van der Waals surface area contributed by atoms with E-state index in [4.69, 9.17) is 11.6 Å². The summed E-state index contributed by atoms with van der Waals surface area (Å²) in [5.41, 5.74) is 2.35. The van der Waals surface area contributed by atoms with Gasteiger partial charge >= 0.3 is 0 Å². The van der Waals surface area contributed by atoms with Crippen LogP contribution in [0.3, 0.4) is 0 Å². The largest absolute Gasteiger partial charge is 0.360 e. The standard InChI is InChI=1S/C20H23ClN2OS/c1-2-17-13-23(18-5-3-4-6-19(18)25-17)14-20(24)22-12-11-15-7-9-16(21)10-8-15/h3-10,17H,2,11-14H2,1H3,(H,22,24)/t17-/m1/s1. The van der Waals surface area contributed by atoms with Crippen LogP contribution in [0.25, 0.3) is 0 Å². The van der Waals surface area contributed by atoms with Crippen LogP contribution in [0.15, 0.2) is 53.4 Å². The molecule has 1 atom stereocenters. The summed E-state index contributed by atoms with van der Waals surface area (Å²) >= 11 is 7.81. The van der Waals surface area contributed by atoms with Gasteiger partial charge in [0.15, 0.2) is 0 Å². The van der Waals surface area contributed by atoms with Crippen molar-refractivity contribution in [3.8, 4) is 0 Å². The van der Waals surface area contributed by atoms with Crippen LogP contribution in [-0.4, -0.2) is 30.8 Å². The fraction of sp³-hybridized carbons (Fsp3) is 0.350. The fourth-order valence-electron chi connectivity index (χ4n) is 2.97. The molecule has 1 N–H and O–H groups in total. The second-order valence-corrected chi connectivity index (χ2v) is 8.00. The molecule has 1 heterocycles. The SMILES string of the molecule is CC[C@@H]1CN(CC(=O)NCCc2ccc(Cl)cc2)c2ccccc2S1. The van der Waals surface area contributed by atoms with E-state index in [9.17, 15) is 4.79 Å². The minimum Gasteiger partial charge on any atom is -0.360 e. The molecule has 2 aromatic rings. The second kappa shape index (κ2) is 8.63. The number of carbonyl (C=O) groups excluding carboxylic acids is 1. The number of nitrogens with zero attached hydrogens (tertiary/aromatic N) is 1. The average Bonchev–Trinajstić information content (AvgIpc) is 2.63. The first kappa shape index (κ1) is 18.2. The van der Waals surface area contributed by atoms with Gasteiger partial charge < -0.3 is 10.2 Å². The monoisotopic (exact) mass is 374 g/mol. The molecule has 0 saturated heterocycles. The van der Waals surface area contributed by atoms with Crippen molar-refractivity contribution in [3.63, 3.8) is 0 Å². The van der Waals surface area contributed by atoms with Gasteiger partial charge in [0.05, 0.1) is 12.2 Å². The lowest BCUT2D eigenvalue weighted by Crippen LogP contribution is -2.42. The van der Waals surface area contributed by atoms with Crippen LogP contribution in [0, 0.1) is 0 Å². The van der Waals surface area contributed by atoms with Crippen LogP contribution in [0.4, 0.5) is 5.69 Å². The van der Waals surface area contributed by atoms with Gasteiger partial charge in [0.1, 0.15) is 0 Å². The highest BCUT2D eigenvalue weighted by Gasteiger charge is 2.24. The topological polar surface area (TPSA) is 32.3 Å². The van der Waals surface area contributed by atoms with Crippen molar-refractivity contribution in [1.29, 1.82) is 0 Å². The molecule has 1 aliphatic rings. The Morgan fingerprint density at radius 1 is 1.24 bits per heavy atom. The Kier molecular flexibility index (Phi) is 6.27. The van der Waals surface area contributed by atoms with Gasteiger partial charge in [0.2, 0.25) is 5.91 Å². The van der Waals surface area contributed by atoms with E-state index < -0.39 is 0 Å². The van der Waals surface area contributed by atoms with E-state index in [1.54, 1.807) is 0 Å². The fourth-order valence-corrected chi connectivity index (χ4v) is 4.35. The number of rotatable bonds is 6. The van der Waals surface area contributed by atoms with Crippen LogP contribution in [0.1, 0.15) is 18.9 Å². The lowest BCUT2D eigenvalue weighted by molar-refractivity contribution is -0.119. The van der Waals surface area contributed by atoms with Crippen molar-refractivity contribution in [1.82, 2.24) is 5.32 Å². The zero-order valence-corrected chi connectivity index (χ0v) is 15.9. The second-order valence-electron chi connectivity index (χ2n) is 6.22. The molecule has 1 aliphatic heterocycles. The third-order valence-electron chi connectivity index (χ3n) is 4.36. The highest BCUT2D eigenvalue weighted by molar-refractivity contribution is 8.00. The Labute approximate surface area is 158 Å². The van der Waals surface area contributed by atoms with Crippen LogP contribution in [-0.2, 0) is 11.2 Å². The van der Waals surface area contributed by atoms with Crippen molar-refractivity contribution < 1.29 is 4.79 Å². The molecule has 0 unspecified atom stereocenters. The molecule has 0 saturated carbocycles. The number of benzene rings is 2. The van der Waals surface area contributed by atoms with E-state index in [1.165, 1.54) is 16.1 Å². The lowest BCUT2D eigenvalue weighted by atomic mass is 10.1. The van der Waals surface area contributed by atoms with E-state index in [2.05, 4.69) is 35.3 Å². The average molecular weight is 375 g/mol. The number of nitrogens with one attached hydrogen (secondary N) is 1. The molecule has 25 heavy (non-hydrogen) atoms. The summed E-state index contributed by atoms with van der Waals surface area (Å²) in [7, 11) is 0. The minimum atomic E-state index is 0.0746. The Bertz CT molecular complexity index is 720. The predicted molar refractivity (Wildman–Crippen MR) is 107 cm³/mol. The maximum absolute atomic E-state index is 12.4. The number of fused-ring (bicyclic) bond motifs is 1. The van der Waals surface area contributed by atoms with Crippen LogP contribution >= 0.6 is 23.4 Å². The van der Waals surface area contributed by atoms with Crippen LogP contribution < -0.4 is 10.2 Å². The van der Waals surface area contributed by atoms with Gasteiger partial charge in [-0.15, -0.1) is 11.8 Å². The first-order valence-corrected chi connectivity index (χ1v) is 9.93. The highest BCUT2D eigenvalue weighted by atomic mass is 35.5. The van der Waals surface area contributed by atoms with E-state index in [1.807, 2.05) is 42.1 Å². The molecule has 0 radical (unpaired) electrons. The zero-order chi connectivity index (χ0) is 17.6. The number of anilines is 1. The summed E-state index contributed by atoms with van der Waals surface area (Å²) in [5, 5.41) is 4.31. The van der Waals surface area contributed by atoms with Crippen molar-refractivity contribution in [2.24, 2.45) is 0 Å². The van der Waals surface area contributed by atoms with Crippen molar-refractivity contribution in [3.05, 3.63) is 59.1 Å². The van der Waals surface area contributed by atoms with Gasteiger partial charge in [-0.2, -0.15) is 0 Å². The normalized spacial score (nSPS) is 16.4. The van der Waals surface area contributed by atoms with E-state index in [-0.39, 0.29) is 5.91 Å². The first-order chi connectivity index (χ1) is 12.2. The van der Waals surface area contributed by atoms with Crippen molar-refractivity contribution in [2.75, 3.05) is 24.5 Å². The number of hydrogen-bond acceptors (Lipinski definition) is 3. The van der Waals surface area contributed by atoms with Gasteiger partial charge in [0.25, 0.3) is 0 Å². The smallest absolute Gasteiger partial charge is 0.239 e. The molecule has 132 valence electrons. The van der Waals surface area contributed by atoms with E-state index in [0.717, 1.165) is 24.4 Å². The maximum Gasteiger partial charge on any atom is 0.239 e. The maximum atomic E-state index is 12.4. The summed E-state index contributed by atoms with van der Waals surface area (Å²) in [6.45, 7) is 4.18. The summed E-state index contributed by atoms with van der Waals surface area (Å²) in [4.78, 5) is 15.9. The molecule has 0 aliphatic carbocycles. The van der Waals surface area contributed by atoms with Crippen molar-refractivity contribution in [2.45, 2.75) is 29.9 Å². The molecule has 0 aromatic heterocycles. The number of hydrogen-bond donors (Lipinski definition) is 1. The minimum absolute atomic E-state index is 0.0746. The third-order valence-corrected chi connectivity index (χ3v) is 6.03. The van der Waals surface area contributed by atoms with Crippen LogP contribution in [0.5, 0.6) is 0 Å². The Balaban J connectivity index is 1.54. The highest BCUT2D eigenvalue weighted by Crippen LogP contribution is 2.39. The molecule has 3 nitrogen and oxygen atoms in total. The predicted octanol–water partition coefficient (Wildman–Crippen LogP) is 4.39. The molecule has 2 aromatic carbocycles. The molecular formula is C20H23ClN2OS. The molecule has 5 heteroatoms. The number of carbonyl (C=O) groups is 1. The number of para-hydroxylation sites is 1. The van der Waals surface area contributed by atoms with E-state index >= 15 is 0 Å². The van der Waals surface area contributed by atoms with Gasteiger partial charge in [-0.05, 0) is 42.7 Å². The van der Waals surface area contributed by atoms with Crippen molar-refractivity contribution >= 4 is 35.0 Å². The van der Waals surface area contributed by atoms with E-state index in [0.29, 0.717) is 18.3 Å². The summed E-state index contributed by atoms with van der Waals surface area (Å²) < 4.78 is 0. The summed E-state index contributed by atoms with van der Waals surface area (Å²) in [6.07, 6.45) is 1.92. The molecular weight excluding hydrogens is 352 g/mol. The summed E-state index contributed by atoms with van der Waals surface area (Å²) in [5.74, 6) is 0.0746.